The summed E-state index contributed by atoms with van der Waals surface area (Å²) in [6.07, 6.45) is 5.85. The van der Waals surface area contributed by atoms with E-state index in [0.29, 0.717) is 37.0 Å². The van der Waals surface area contributed by atoms with Gasteiger partial charge in [-0.15, -0.1) is 0 Å². The van der Waals surface area contributed by atoms with Gasteiger partial charge in [0.2, 0.25) is 5.91 Å². The first kappa shape index (κ1) is 17.2. The second-order valence-corrected chi connectivity index (χ2v) is 7.05. The number of hydrogen-bond acceptors (Lipinski definition) is 4. The van der Waals surface area contributed by atoms with Crippen LogP contribution in [0.5, 0.6) is 0 Å². The van der Waals surface area contributed by atoms with E-state index >= 15 is 0 Å². The van der Waals surface area contributed by atoms with E-state index in [1.807, 2.05) is 24.3 Å². The Kier molecular flexibility index (Phi) is 5.68. The number of rotatable bonds is 6. The summed E-state index contributed by atoms with van der Waals surface area (Å²) >= 11 is 3.50. The van der Waals surface area contributed by atoms with Crippen molar-refractivity contribution >= 4 is 21.8 Å². The van der Waals surface area contributed by atoms with E-state index in [9.17, 15) is 4.79 Å². The van der Waals surface area contributed by atoms with Gasteiger partial charge in [0, 0.05) is 28.9 Å². The molecule has 0 bridgehead atoms. The average Bonchev–Trinajstić information content (AvgIpc) is 3.22. The monoisotopic (exact) mass is 391 g/mol. The minimum atomic E-state index is 0.0426. The summed E-state index contributed by atoms with van der Waals surface area (Å²) in [6.45, 7) is 0.639. The third-order valence-corrected chi connectivity index (χ3v) is 5.26. The Hall–Kier alpha value is -1.66. The van der Waals surface area contributed by atoms with Crippen LogP contribution >= 0.6 is 15.9 Å². The molecule has 0 spiro atoms. The molecule has 1 aliphatic rings. The van der Waals surface area contributed by atoms with E-state index in [4.69, 9.17) is 10.2 Å². The molecule has 0 saturated heterocycles. The quantitative estimate of drug-likeness (QED) is 0.791. The second kappa shape index (κ2) is 7.94. The van der Waals surface area contributed by atoms with Crippen LogP contribution < -0.4 is 11.1 Å². The molecule has 1 aromatic carbocycles. The van der Waals surface area contributed by atoms with Crippen LogP contribution in [0.15, 0.2) is 39.4 Å². The molecule has 128 valence electrons. The lowest BCUT2D eigenvalue weighted by atomic mass is 10.0. The molecule has 1 fully saturated rings. The van der Waals surface area contributed by atoms with Crippen LogP contribution in [0.2, 0.25) is 0 Å². The molecule has 1 aliphatic carbocycles. The fraction of sp³-hybridized carbons (Fsp3) is 0.444. The number of aromatic nitrogens is 1. The number of aryl methyl sites for hydroxylation is 1. The van der Waals surface area contributed by atoms with Gasteiger partial charge in [-0.3, -0.25) is 4.79 Å². The Morgan fingerprint density at radius 1 is 1.38 bits per heavy atom. The van der Waals surface area contributed by atoms with Crippen molar-refractivity contribution in [1.29, 1.82) is 0 Å². The predicted molar refractivity (Wildman–Crippen MR) is 96.3 cm³/mol. The molecule has 0 aliphatic heterocycles. The largest absolute Gasteiger partial charge is 0.441 e. The number of carbonyl (C=O) groups is 1. The lowest BCUT2D eigenvalue weighted by molar-refractivity contribution is -0.122. The van der Waals surface area contributed by atoms with E-state index in [0.717, 1.165) is 29.3 Å². The van der Waals surface area contributed by atoms with Crippen molar-refractivity contribution in [2.75, 3.05) is 6.54 Å². The van der Waals surface area contributed by atoms with Crippen molar-refractivity contribution in [1.82, 2.24) is 10.3 Å². The first-order valence-electron chi connectivity index (χ1n) is 8.36. The zero-order valence-corrected chi connectivity index (χ0v) is 15.1. The fourth-order valence-electron chi connectivity index (χ4n) is 3.22. The zero-order chi connectivity index (χ0) is 16.9. The van der Waals surface area contributed by atoms with Gasteiger partial charge >= 0.3 is 0 Å². The summed E-state index contributed by atoms with van der Waals surface area (Å²) in [6, 6.07) is 8.05. The molecule has 2 unspecified atom stereocenters. The molecule has 3 N–H and O–H groups in total. The molecule has 3 rings (SSSR count). The third-order valence-electron chi connectivity index (χ3n) is 4.57. The first-order valence-corrected chi connectivity index (χ1v) is 9.15. The highest BCUT2D eigenvalue weighted by Crippen LogP contribution is 2.28. The van der Waals surface area contributed by atoms with E-state index in [1.165, 1.54) is 0 Å². The summed E-state index contributed by atoms with van der Waals surface area (Å²) in [5, 5.41) is 3.10. The number of halogens is 1. The van der Waals surface area contributed by atoms with Crippen molar-refractivity contribution < 1.29 is 9.21 Å². The third kappa shape index (κ3) is 4.05. The van der Waals surface area contributed by atoms with Gasteiger partial charge in [-0.25, -0.2) is 4.98 Å². The van der Waals surface area contributed by atoms with Gasteiger partial charge in [-0.05, 0) is 31.4 Å². The SMILES string of the molecule is NCC1CCCC1NC(=O)CCc1ncc(-c2ccccc2Br)o1. The van der Waals surface area contributed by atoms with E-state index in [1.54, 1.807) is 6.20 Å². The molecule has 2 aromatic rings. The molecule has 6 heteroatoms. The zero-order valence-electron chi connectivity index (χ0n) is 13.5. The average molecular weight is 392 g/mol. The molecule has 0 radical (unpaired) electrons. The number of hydrogen-bond donors (Lipinski definition) is 2. The second-order valence-electron chi connectivity index (χ2n) is 6.20. The number of benzene rings is 1. The number of nitrogens with two attached hydrogens (primary N) is 1. The Labute approximate surface area is 150 Å². The molecule has 2 atom stereocenters. The summed E-state index contributed by atoms with van der Waals surface area (Å²) in [7, 11) is 0. The Morgan fingerprint density at radius 3 is 3.00 bits per heavy atom. The topological polar surface area (TPSA) is 81.1 Å². The van der Waals surface area contributed by atoms with Gasteiger partial charge in [0.25, 0.3) is 0 Å². The molecule has 5 nitrogen and oxygen atoms in total. The van der Waals surface area contributed by atoms with Crippen molar-refractivity contribution in [3.05, 3.63) is 40.8 Å². The number of nitrogens with one attached hydrogen (secondary N) is 1. The molecular formula is C18H22BrN3O2. The molecule has 24 heavy (non-hydrogen) atoms. The minimum absolute atomic E-state index is 0.0426. The Morgan fingerprint density at radius 2 is 2.21 bits per heavy atom. The number of oxazole rings is 1. The van der Waals surface area contributed by atoms with E-state index in [2.05, 4.69) is 26.2 Å². The lowest BCUT2D eigenvalue weighted by Gasteiger charge is -2.19. The van der Waals surface area contributed by atoms with E-state index < -0.39 is 0 Å². The minimum Gasteiger partial charge on any atom is -0.441 e. The van der Waals surface area contributed by atoms with Crippen LogP contribution in [0.25, 0.3) is 11.3 Å². The van der Waals surface area contributed by atoms with Crippen LogP contribution in [0.4, 0.5) is 0 Å². The van der Waals surface area contributed by atoms with Crippen molar-refractivity contribution in [2.45, 2.75) is 38.1 Å². The summed E-state index contributed by atoms with van der Waals surface area (Å²) in [5.41, 5.74) is 6.71. The Balaban J connectivity index is 1.54. The van der Waals surface area contributed by atoms with Gasteiger partial charge in [0.05, 0.1) is 6.20 Å². The number of carbonyl (C=O) groups excluding carboxylic acids is 1. The number of amides is 1. The summed E-state index contributed by atoms with van der Waals surface area (Å²) < 4.78 is 6.73. The van der Waals surface area contributed by atoms with Gasteiger partial charge in [0.15, 0.2) is 11.7 Å². The highest BCUT2D eigenvalue weighted by Gasteiger charge is 2.27. The molecule has 1 heterocycles. The summed E-state index contributed by atoms with van der Waals surface area (Å²) in [5.74, 6) is 1.74. The van der Waals surface area contributed by atoms with Gasteiger partial charge < -0.3 is 15.5 Å². The smallest absolute Gasteiger partial charge is 0.220 e. The normalized spacial score (nSPS) is 20.2. The van der Waals surface area contributed by atoms with Crippen LogP contribution in [0.1, 0.15) is 31.6 Å². The van der Waals surface area contributed by atoms with Crippen molar-refractivity contribution in [2.24, 2.45) is 11.7 Å². The van der Waals surface area contributed by atoms with Gasteiger partial charge in [-0.1, -0.05) is 40.5 Å². The molecular weight excluding hydrogens is 370 g/mol. The van der Waals surface area contributed by atoms with Crippen LogP contribution in [0.3, 0.4) is 0 Å². The van der Waals surface area contributed by atoms with Crippen molar-refractivity contribution in [3.8, 4) is 11.3 Å². The van der Waals surface area contributed by atoms with Crippen LogP contribution in [-0.4, -0.2) is 23.5 Å². The maximum absolute atomic E-state index is 12.1. The Bertz CT molecular complexity index is 701. The molecule has 1 saturated carbocycles. The number of nitrogens with zero attached hydrogens (tertiary/aromatic N) is 1. The standard InChI is InChI=1S/C18H22BrN3O2/c19-14-6-2-1-5-13(14)16-11-21-18(24-16)9-8-17(23)22-15-7-3-4-12(15)10-20/h1-2,5-6,11-12,15H,3-4,7-10,20H2,(H,22,23). The van der Waals surface area contributed by atoms with Gasteiger partial charge in [0.1, 0.15) is 0 Å². The van der Waals surface area contributed by atoms with Crippen molar-refractivity contribution in [3.63, 3.8) is 0 Å². The lowest BCUT2D eigenvalue weighted by Crippen LogP contribution is -2.39. The highest BCUT2D eigenvalue weighted by atomic mass is 79.9. The van der Waals surface area contributed by atoms with E-state index in [-0.39, 0.29) is 11.9 Å². The van der Waals surface area contributed by atoms with Crippen LogP contribution in [-0.2, 0) is 11.2 Å². The molecule has 1 aromatic heterocycles. The summed E-state index contributed by atoms with van der Waals surface area (Å²) in [4.78, 5) is 16.4. The highest BCUT2D eigenvalue weighted by molar-refractivity contribution is 9.10. The predicted octanol–water partition coefficient (Wildman–Crippen LogP) is 3.28. The van der Waals surface area contributed by atoms with Crippen LogP contribution in [0, 0.1) is 5.92 Å². The molecule has 1 amide bonds. The maximum atomic E-state index is 12.1. The maximum Gasteiger partial charge on any atom is 0.220 e. The first-order chi connectivity index (χ1) is 11.7. The van der Waals surface area contributed by atoms with Gasteiger partial charge in [-0.2, -0.15) is 0 Å². The fourth-order valence-corrected chi connectivity index (χ4v) is 3.70.